The van der Waals surface area contributed by atoms with Crippen molar-refractivity contribution >= 4 is 11.3 Å². The second-order valence-corrected chi connectivity index (χ2v) is 5.39. The Kier molecular flexibility index (Phi) is 7.40. The van der Waals surface area contributed by atoms with Crippen LogP contribution in [-0.4, -0.2) is 35.6 Å². The van der Waals surface area contributed by atoms with Crippen LogP contribution in [0, 0.1) is 0 Å². The Hall–Kier alpha value is -0.450. The first-order valence-electron chi connectivity index (χ1n) is 6.59. The van der Waals surface area contributed by atoms with E-state index in [4.69, 9.17) is 0 Å². The maximum Gasteiger partial charge on any atom is 0.0794 e. The van der Waals surface area contributed by atoms with Crippen molar-refractivity contribution in [2.75, 3.05) is 19.6 Å². The van der Waals surface area contributed by atoms with Crippen LogP contribution >= 0.6 is 11.3 Å². The van der Waals surface area contributed by atoms with Gasteiger partial charge in [0.25, 0.3) is 0 Å². The maximum absolute atomic E-state index is 4.08. The minimum atomic E-state index is 0.590. The molecule has 0 aliphatic rings. The first-order chi connectivity index (χ1) is 8.26. The summed E-state index contributed by atoms with van der Waals surface area (Å²) in [6, 6.07) is 0.590. The molecule has 0 fully saturated rings. The van der Waals surface area contributed by atoms with Crippen LogP contribution in [0.15, 0.2) is 11.7 Å². The van der Waals surface area contributed by atoms with Crippen molar-refractivity contribution < 1.29 is 0 Å². The fourth-order valence-electron chi connectivity index (χ4n) is 1.87. The molecule has 0 spiro atoms. The molecule has 0 aliphatic carbocycles. The highest BCUT2D eigenvalue weighted by atomic mass is 32.1. The summed E-state index contributed by atoms with van der Waals surface area (Å²) in [5, 5.41) is 3.55. The highest BCUT2D eigenvalue weighted by Gasteiger charge is 2.04. The Balaban J connectivity index is 2.06. The SMILES string of the molecule is CCN(CC)CCCC(C)NCc1cncs1. The van der Waals surface area contributed by atoms with Gasteiger partial charge in [-0.05, 0) is 39.4 Å². The van der Waals surface area contributed by atoms with E-state index >= 15 is 0 Å². The van der Waals surface area contributed by atoms with Crippen LogP contribution in [0.2, 0.25) is 0 Å². The fourth-order valence-corrected chi connectivity index (χ4v) is 2.41. The number of hydrogen-bond acceptors (Lipinski definition) is 4. The molecule has 1 aromatic heterocycles. The van der Waals surface area contributed by atoms with Gasteiger partial charge in [0.15, 0.2) is 0 Å². The highest BCUT2D eigenvalue weighted by molar-refractivity contribution is 7.09. The number of rotatable bonds is 9. The molecule has 1 N–H and O–H groups in total. The topological polar surface area (TPSA) is 28.2 Å². The summed E-state index contributed by atoms with van der Waals surface area (Å²) in [7, 11) is 0. The lowest BCUT2D eigenvalue weighted by molar-refractivity contribution is 0.290. The van der Waals surface area contributed by atoms with Gasteiger partial charge in [-0.25, -0.2) is 0 Å². The molecule has 1 aromatic rings. The van der Waals surface area contributed by atoms with E-state index < -0.39 is 0 Å². The third kappa shape index (κ3) is 6.15. The molecule has 0 saturated carbocycles. The summed E-state index contributed by atoms with van der Waals surface area (Å²) in [6.45, 7) is 11.2. The average Bonchev–Trinajstić information content (AvgIpc) is 2.85. The quantitative estimate of drug-likeness (QED) is 0.735. The molecule has 4 heteroatoms. The van der Waals surface area contributed by atoms with Gasteiger partial charge < -0.3 is 10.2 Å². The van der Waals surface area contributed by atoms with Crippen molar-refractivity contribution in [3.05, 3.63) is 16.6 Å². The van der Waals surface area contributed by atoms with E-state index in [9.17, 15) is 0 Å². The lowest BCUT2D eigenvalue weighted by Crippen LogP contribution is -2.28. The summed E-state index contributed by atoms with van der Waals surface area (Å²) in [5.41, 5.74) is 1.89. The van der Waals surface area contributed by atoms with Gasteiger partial charge in [0, 0.05) is 23.7 Å². The van der Waals surface area contributed by atoms with Gasteiger partial charge in [-0.2, -0.15) is 0 Å². The van der Waals surface area contributed by atoms with Gasteiger partial charge in [0.1, 0.15) is 0 Å². The zero-order chi connectivity index (χ0) is 12.5. The summed E-state index contributed by atoms with van der Waals surface area (Å²) < 4.78 is 0. The van der Waals surface area contributed by atoms with Gasteiger partial charge >= 0.3 is 0 Å². The highest BCUT2D eigenvalue weighted by Crippen LogP contribution is 2.06. The molecule has 17 heavy (non-hydrogen) atoms. The summed E-state index contributed by atoms with van der Waals surface area (Å²) in [6.07, 6.45) is 4.47. The Bertz CT molecular complexity index is 270. The van der Waals surface area contributed by atoms with Gasteiger partial charge in [-0.3, -0.25) is 4.98 Å². The van der Waals surface area contributed by atoms with Crippen LogP contribution in [0.1, 0.15) is 38.5 Å². The predicted octanol–water partition coefficient (Wildman–Crippen LogP) is 2.74. The number of thiazole rings is 1. The van der Waals surface area contributed by atoms with Gasteiger partial charge in [-0.1, -0.05) is 13.8 Å². The number of hydrogen-bond donors (Lipinski definition) is 1. The van der Waals surface area contributed by atoms with Crippen LogP contribution < -0.4 is 5.32 Å². The van der Waals surface area contributed by atoms with E-state index in [2.05, 4.69) is 36.0 Å². The lowest BCUT2D eigenvalue weighted by Gasteiger charge is -2.19. The minimum absolute atomic E-state index is 0.590. The summed E-state index contributed by atoms with van der Waals surface area (Å²) >= 11 is 1.72. The maximum atomic E-state index is 4.08. The molecule has 0 aliphatic heterocycles. The monoisotopic (exact) mass is 255 g/mol. The second-order valence-electron chi connectivity index (χ2n) is 4.42. The molecule has 1 heterocycles. The van der Waals surface area contributed by atoms with Crippen LogP contribution in [0.4, 0.5) is 0 Å². The Morgan fingerprint density at radius 1 is 1.41 bits per heavy atom. The van der Waals surface area contributed by atoms with Crippen molar-refractivity contribution in [2.24, 2.45) is 0 Å². The molecule has 0 radical (unpaired) electrons. The average molecular weight is 255 g/mol. The van der Waals surface area contributed by atoms with Crippen LogP contribution in [0.5, 0.6) is 0 Å². The first-order valence-corrected chi connectivity index (χ1v) is 7.47. The molecule has 0 amide bonds. The normalized spacial score (nSPS) is 13.2. The third-order valence-electron chi connectivity index (χ3n) is 3.11. The fraction of sp³-hybridized carbons (Fsp3) is 0.769. The molecule has 98 valence electrons. The lowest BCUT2D eigenvalue weighted by atomic mass is 10.1. The largest absolute Gasteiger partial charge is 0.309 e. The Labute approximate surface area is 109 Å². The zero-order valence-corrected chi connectivity index (χ0v) is 12.1. The Morgan fingerprint density at radius 2 is 2.18 bits per heavy atom. The van der Waals surface area contributed by atoms with E-state index in [1.807, 2.05) is 11.7 Å². The number of aromatic nitrogens is 1. The molecule has 1 rings (SSSR count). The summed E-state index contributed by atoms with van der Waals surface area (Å²) in [5.74, 6) is 0. The van der Waals surface area contributed by atoms with Crippen molar-refractivity contribution in [2.45, 2.75) is 46.2 Å². The minimum Gasteiger partial charge on any atom is -0.309 e. The van der Waals surface area contributed by atoms with Gasteiger partial charge in [-0.15, -0.1) is 11.3 Å². The van der Waals surface area contributed by atoms with E-state index in [-0.39, 0.29) is 0 Å². The third-order valence-corrected chi connectivity index (χ3v) is 3.89. The molecular weight excluding hydrogens is 230 g/mol. The standard InChI is InChI=1S/C13H25N3S/c1-4-16(5-2)8-6-7-12(3)15-10-13-9-14-11-17-13/h9,11-12,15H,4-8,10H2,1-3H3. The molecule has 0 saturated heterocycles. The van der Waals surface area contributed by atoms with Crippen molar-refractivity contribution in [1.29, 1.82) is 0 Å². The first kappa shape index (κ1) is 14.6. The number of nitrogens with zero attached hydrogens (tertiary/aromatic N) is 2. The van der Waals surface area contributed by atoms with Crippen LogP contribution in [-0.2, 0) is 6.54 Å². The molecular formula is C13H25N3S. The molecule has 1 unspecified atom stereocenters. The Morgan fingerprint density at radius 3 is 2.76 bits per heavy atom. The van der Waals surface area contributed by atoms with E-state index in [0.29, 0.717) is 6.04 Å². The smallest absolute Gasteiger partial charge is 0.0794 e. The van der Waals surface area contributed by atoms with Gasteiger partial charge in [0.05, 0.1) is 5.51 Å². The van der Waals surface area contributed by atoms with E-state index in [1.54, 1.807) is 11.3 Å². The van der Waals surface area contributed by atoms with Crippen molar-refractivity contribution in [3.8, 4) is 0 Å². The molecule has 1 atom stereocenters. The molecule has 0 bridgehead atoms. The molecule has 3 nitrogen and oxygen atoms in total. The van der Waals surface area contributed by atoms with E-state index in [0.717, 1.165) is 6.54 Å². The van der Waals surface area contributed by atoms with Crippen LogP contribution in [0.3, 0.4) is 0 Å². The van der Waals surface area contributed by atoms with E-state index in [1.165, 1.54) is 37.4 Å². The van der Waals surface area contributed by atoms with Crippen LogP contribution in [0.25, 0.3) is 0 Å². The second kappa shape index (κ2) is 8.61. The summed E-state index contributed by atoms with van der Waals surface area (Å²) in [4.78, 5) is 7.88. The van der Waals surface area contributed by atoms with Gasteiger partial charge in [0.2, 0.25) is 0 Å². The molecule has 0 aromatic carbocycles. The predicted molar refractivity (Wildman–Crippen MR) is 75.4 cm³/mol. The van der Waals surface area contributed by atoms with Crippen molar-refractivity contribution in [3.63, 3.8) is 0 Å². The zero-order valence-electron chi connectivity index (χ0n) is 11.3. The van der Waals surface area contributed by atoms with Crippen molar-refractivity contribution in [1.82, 2.24) is 15.2 Å². The number of nitrogens with one attached hydrogen (secondary N) is 1.